The highest BCUT2D eigenvalue weighted by Crippen LogP contribution is 2.22. The Morgan fingerprint density at radius 2 is 2.05 bits per heavy atom. The lowest BCUT2D eigenvalue weighted by Gasteiger charge is -2.40. The van der Waals surface area contributed by atoms with Gasteiger partial charge in [0.15, 0.2) is 0 Å². The van der Waals surface area contributed by atoms with Crippen LogP contribution in [-0.2, 0) is 4.79 Å². The molecule has 2 saturated heterocycles. The van der Waals surface area contributed by atoms with Crippen molar-refractivity contribution in [3.8, 4) is 0 Å². The molecule has 0 radical (unpaired) electrons. The van der Waals surface area contributed by atoms with Gasteiger partial charge in [-0.2, -0.15) is 0 Å². The van der Waals surface area contributed by atoms with Gasteiger partial charge in [-0.25, -0.2) is 0 Å². The van der Waals surface area contributed by atoms with E-state index in [9.17, 15) is 4.79 Å². The van der Waals surface area contributed by atoms with Gasteiger partial charge in [-0.05, 0) is 58.2 Å². The number of nitrogens with zero attached hydrogens (tertiary/aromatic N) is 2. The first kappa shape index (κ1) is 22.0. The minimum atomic E-state index is 0. The van der Waals surface area contributed by atoms with Crippen LogP contribution in [0, 0.1) is 5.92 Å². The largest absolute Gasteiger partial charge is 0.343 e. The molecule has 1 N–H and O–H groups in total. The summed E-state index contributed by atoms with van der Waals surface area (Å²) in [6.07, 6.45) is 5.28. The number of rotatable bonds is 5. The average molecular weight is 354 g/mol. The smallest absolute Gasteiger partial charge is 0.222 e. The molecule has 0 bridgehead atoms. The normalized spacial score (nSPS) is 28.6. The summed E-state index contributed by atoms with van der Waals surface area (Å²) in [6, 6.07) is 1.05. The fourth-order valence-corrected chi connectivity index (χ4v) is 3.69. The van der Waals surface area contributed by atoms with E-state index in [2.05, 4.69) is 24.1 Å². The van der Waals surface area contributed by atoms with E-state index in [0.29, 0.717) is 23.9 Å². The summed E-state index contributed by atoms with van der Waals surface area (Å²) in [5.74, 6) is 1.06. The number of amides is 1. The van der Waals surface area contributed by atoms with Gasteiger partial charge in [0.2, 0.25) is 5.91 Å². The molecule has 2 aliphatic heterocycles. The molecule has 0 aromatic rings. The van der Waals surface area contributed by atoms with Gasteiger partial charge in [0.05, 0.1) is 0 Å². The van der Waals surface area contributed by atoms with E-state index in [1.807, 2.05) is 11.9 Å². The van der Waals surface area contributed by atoms with E-state index in [0.717, 1.165) is 51.9 Å². The lowest BCUT2D eigenvalue weighted by atomic mass is 9.96. The molecule has 1 amide bonds. The molecular formula is C16H33Cl2N3O. The Kier molecular flexibility index (Phi) is 10.7. The molecule has 6 heteroatoms. The molecule has 132 valence electrons. The van der Waals surface area contributed by atoms with Gasteiger partial charge in [0.25, 0.3) is 0 Å². The van der Waals surface area contributed by atoms with Crippen molar-refractivity contribution in [2.24, 2.45) is 5.92 Å². The third kappa shape index (κ3) is 5.88. The minimum Gasteiger partial charge on any atom is -0.343 e. The van der Waals surface area contributed by atoms with E-state index in [4.69, 9.17) is 0 Å². The fraction of sp³-hybridized carbons (Fsp3) is 0.938. The molecule has 2 heterocycles. The van der Waals surface area contributed by atoms with Crippen molar-refractivity contribution in [1.82, 2.24) is 15.1 Å². The number of likely N-dealkylation sites (tertiary alicyclic amines) is 1. The van der Waals surface area contributed by atoms with Crippen molar-refractivity contribution in [3.05, 3.63) is 0 Å². The van der Waals surface area contributed by atoms with E-state index in [-0.39, 0.29) is 24.8 Å². The lowest BCUT2D eigenvalue weighted by molar-refractivity contribution is -0.133. The van der Waals surface area contributed by atoms with Crippen molar-refractivity contribution in [2.75, 3.05) is 33.2 Å². The van der Waals surface area contributed by atoms with Crippen molar-refractivity contribution >= 4 is 30.7 Å². The van der Waals surface area contributed by atoms with Crippen LogP contribution in [0.2, 0.25) is 0 Å². The number of hydrogen-bond acceptors (Lipinski definition) is 3. The van der Waals surface area contributed by atoms with Crippen molar-refractivity contribution in [2.45, 2.75) is 58.0 Å². The SMILES string of the molecule is CCN1CCC(N(C)C(=O)CCC2CCNC2)CC1C.Cl.Cl. The standard InChI is InChI=1S/C16H31N3O.2ClH/c1-4-19-10-8-15(11-13(19)2)18(3)16(20)6-5-14-7-9-17-12-14;;/h13-15,17H,4-12H2,1-3H3;2*1H. The highest BCUT2D eigenvalue weighted by Gasteiger charge is 2.29. The van der Waals surface area contributed by atoms with Crippen molar-refractivity contribution in [1.29, 1.82) is 0 Å². The third-order valence-corrected chi connectivity index (χ3v) is 5.26. The molecule has 0 aliphatic carbocycles. The van der Waals surface area contributed by atoms with Crippen LogP contribution in [0.25, 0.3) is 0 Å². The van der Waals surface area contributed by atoms with Gasteiger partial charge in [0.1, 0.15) is 0 Å². The number of hydrogen-bond donors (Lipinski definition) is 1. The second-order valence-electron chi connectivity index (χ2n) is 6.56. The maximum atomic E-state index is 12.3. The summed E-state index contributed by atoms with van der Waals surface area (Å²) in [5, 5.41) is 3.38. The number of carbonyl (C=O) groups is 1. The molecule has 2 fully saturated rings. The average Bonchev–Trinajstić information content (AvgIpc) is 2.97. The Morgan fingerprint density at radius 3 is 2.59 bits per heavy atom. The van der Waals surface area contributed by atoms with E-state index >= 15 is 0 Å². The number of piperidine rings is 1. The van der Waals surface area contributed by atoms with Gasteiger partial charge < -0.3 is 15.1 Å². The van der Waals surface area contributed by atoms with Crippen LogP contribution in [-0.4, -0.2) is 61.0 Å². The Morgan fingerprint density at radius 1 is 1.32 bits per heavy atom. The molecule has 0 spiro atoms. The molecular weight excluding hydrogens is 321 g/mol. The second kappa shape index (κ2) is 10.7. The van der Waals surface area contributed by atoms with Gasteiger partial charge in [-0.3, -0.25) is 4.79 Å². The number of nitrogens with one attached hydrogen (secondary N) is 1. The van der Waals surface area contributed by atoms with Crippen LogP contribution in [0.3, 0.4) is 0 Å². The molecule has 0 saturated carbocycles. The fourth-order valence-electron chi connectivity index (χ4n) is 3.69. The summed E-state index contributed by atoms with van der Waals surface area (Å²) < 4.78 is 0. The molecule has 2 rings (SSSR count). The highest BCUT2D eigenvalue weighted by atomic mass is 35.5. The Balaban J connectivity index is 0.00000220. The molecule has 4 nitrogen and oxygen atoms in total. The molecule has 3 unspecified atom stereocenters. The van der Waals surface area contributed by atoms with Crippen LogP contribution < -0.4 is 5.32 Å². The molecule has 0 aromatic heterocycles. The first-order valence-corrected chi connectivity index (χ1v) is 8.32. The summed E-state index contributed by atoms with van der Waals surface area (Å²) in [5.41, 5.74) is 0. The lowest BCUT2D eigenvalue weighted by Crippen LogP contribution is -2.49. The third-order valence-electron chi connectivity index (χ3n) is 5.26. The minimum absolute atomic E-state index is 0. The maximum Gasteiger partial charge on any atom is 0.222 e. The van der Waals surface area contributed by atoms with Gasteiger partial charge in [0, 0.05) is 32.1 Å². The quantitative estimate of drug-likeness (QED) is 0.824. The maximum absolute atomic E-state index is 12.3. The topological polar surface area (TPSA) is 35.6 Å². The van der Waals surface area contributed by atoms with Crippen molar-refractivity contribution < 1.29 is 4.79 Å². The molecule has 22 heavy (non-hydrogen) atoms. The van der Waals surface area contributed by atoms with Crippen LogP contribution in [0.1, 0.15) is 46.0 Å². The first-order valence-electron chi connectivity index (χ1n) is 8.32. The predicted molar refractivity (Wildman–Crippen MR) is 97.2 cm³/mol. The number of carbonyl (C=O) groups excluding carboxylic acids is 1. The Labute approximate surface area is 148 Å². The van der Waals surface area contributed by atoms with Gasteiger partial charge in [-0.1, -0.05) is 6.92 Å². The predicted octanol–water partition coefficient (Wildman–Crippen LogP) is 2.55. The Bertz CT molecular complexity index is 325. The number of halogens is 2. The summed E-state index contributed by atoms with van der Waals surface area (Å²) in [6.45, 7) is 9.00. The zero-order chi connectivity index (χ0) is 14.5. The molecule has 3 atom stereocenters. The summed E-state index contributed by atoms with van der Waals surface area (Å²) in [7, 11) is 2.01. The first-order chi connectivity index (χ1) is 9.61. The zero-order valence-corrected chi connectivity index (χ0v) is 15.8. The monoisotopic (exact) mass is 353 g/mol. The van der Waals surface area contributed by atoms with Crippen molar-refractivity contribution in [3.63, 3.8) is 0 Å². The Hall–Kier alpha value is -0.0300. The van der Waals surface area contributed by atoms with E-state index in [1.54, 1.807) is 0 Å². The molecule has 2 aliphatic rings. The van der Waals surface area contributed by atoms with Crippen LogP contribution in [0.15, 0.2) is 0 Å². The van der Waals surface area contributed by atoms with Crippen LogP contribution >= 0.6 is 24.8 Å². The van der Waals surface area contributed by atoms with Crippen LogP contribution in [0.4, 0.5) is 0 Å². The van der Waals surface area contributed by atoms with Gasteiger partial charge in [-0.15, -0.1) is 24.8 Å². The van der Waals surface area contributed by atoms with Crippen LogP contribution in [0.5, 0.6) is 0 Å². The molecule has 0 aromatic carbocycles. The second-order valence-corrected chi connectivity index (χ2v) is 6.56. The highest BCUT2D eigenvalue weighted by molar-refractivity contribution is 5.85. The van der Waals surface area contributed by atoms with Gasteiger partial charge >= 0.3 is 0 Å². The van der Waals surface area contributed by atoms with E-state index in [1.165, 1.54) is 6.42 Å². The summed E-state index contributed by atoms with van der Waals surface area (Å²) >= 11 is 0. The summed E-state index contributed by atoms with van der Waals surface area (Å²) in [4.78, 5) is 16.9. The zero-order valence-electron chi connectivity index (χ0n) is 14.2. The van der Waals surface area contributed by atoms with E-state index < -0.39 is 0 Å².